The Morgan fingerprint density at radius 2 is 2.17 bits per heavy atom. The van der Waals surface area contributed by atoms with Gasteiger partial charge in [0.15, 0.2) is 0 Å². The Bertz CT molecular complexity index is 421. The van der Waals surface area contributed by atoms with E-state index in [1.54, 1.807) is 0 Å². The number of carbonyl (C=O) groups is 1. The summed E-state index contributed by atoms with van der Waals surface area (Å²) in [7, 11) is 1.42. The van der Waals surface area contributed by atoms with Gasteiger partial charge in [-0.15, -0.1) is 0 Å². The molecule has 18 heavy (non-hydrogen) atoms. The number of esters is 1. The van der Waals surface area contributed by atoms with Crippen molar-refractivity contribution in [1.29, 1.82) is 0 Å². The molecule has 4 heteroatoms. The third-order valence-electron chi connectivity index (χ3n) is 3.90. The molecule has 0 saturated carbocycles. The number of methoxy groups -OCH3 is 1. The van der Waals surface area contributed by atoms with Gasteiger partial charge in [-0.3, -0.25) is 4.90 Å². The standard InChI is InChI=1S/C14H20N2O2/c1-14(13(17)18-2)12(15)8-9-16(14)10-11-6-4-3-5-7-11/h3-7,12H,8-10,15H2,1-2H3. The van der Waals surface area contributed by atoms with Gasteiger partial charge in [0.1, 0.15) is 5.54 Å². The fourth-order valence-corrected chi connectivity index (χ4v) is 2.58. The number of likely N-dealkylation sites (tertiary alicyclic amines) is 1. The minimum atomic E-state index is -0.718. The van der Waals surface area contributed by atoms with E-state index in [0.717, 1.165) is 19.5 Å². The zero-order chi connectivity index (χ0) is 13.2. The molecular weight excluding hydrogens is 228 g/mol. The van der Waals surface area contributed by atoms with Crippen molar-refractivity contribution in [2.24, 2.45) is 5.73 Å². The Morgan fingerprint density at radius 1 is 1.50 bits per heavy atom. The molecule has 2 atom stereocenters. The highest BCUT2D eigenvalue weighted by Crippen LogP contribution is 2.30. The highest BCUT2D eigenvalue weighted by atomic mass is 16.5. The van der Waals surface area contributed by atoms with Gasteiger partial charge in [-0.2, -0.15) is 0 Å². The summed E-state index contributed by atoms with van der Waals surface area (Å²) in [5.74, 6) is -0.247. The van der Waals surface area contributed by atoms with Gasteiger partial charge in [-0.25, -0.2) is 4.79 Å². The van der Waals surface area contributed by atoms with E-state index in [-0.39, 0.29) is 12.0 Å². The Labute approximate surface area is 108 Å². The second-order valence-electron chi connectivity index (χ2n) is 4.94. The van der Waals surface area contributed by atoms with Gasteiger partial charge < -0.3 is 10.5 Å². The molecule has 98 valence electrons. The van der Waals surface area contributed by atoms with Crippen LogP contribution in [0.25, 0.3) is 0 Å². The van der Waals surface area contributed by atoms with E-state index < -0.39 is 5.54 Å². The predicted molar refractivity (Wildman–Crippen MR) is 69.9 cm³/mol. The summed E-state index contributed by atoms with van der Waals surface area (Å²) in [5.41, 5.74) is 6.56. The Balaban J connectivity index is 2.20. The van der Waals surface area contributed by atoms with E-state index in [4.69, 9.17) is 10.5 Å². The van der Waals surface area contributed by atoms with E-state index in [2.05, 4.69) is 17.0 Å². The van der Waals surface area contributed by atoms with E-state index in [9.17, 15) is 4.79 Å². The molecule has 2 rings (SSSR count). The topological polar surface area (TPSA) is 55.6 Å². The van der Waals surface area contributed by atoms with Gasteiger partial charge in [0.05, 0.1) is 7.11 Å². The number of benzene rings is 1. The van der Waals surface area contributed by atoms with Crippen LogP contribution >= 0.6 is 0 Å². The summed E-state index contributed by atoms with van der Waals surface area (Å²) < 4.78 is 4.91. The lowest BCUT2D eigenvalue weighted by Gasteiger charge is -2.35. The zero-order valence-electron chi connectivity index (χ0n) is 10.9. The molecule has 1 aliphatic heterocycles. The lowest BCUT2D eigenvalue weighted by atomic mass is 9.93. The minimum absolute atomic E-state index is 0.173. The van der Waals surface area contributed by atoms with Crippen molar-refractivity contribution in [2.75, 3.05) is 13.7 Å². The first-order valence-electron chi connectivity index (χ1n) is 6.22. The Morgan fingerprint density at radius 3 is 2.78 bits per heavy atom. The van der Waals surface area contributed by atoms with Crippen LogP contribution in [-0.2, 0) is 16.1 Å². The number of carbonyl (C=O) groups excluding carboxylic acids is 1. The number of nitrogens with zero attached hydrogens (tertiary/aromatic N) is 1. The first-order valence-corrected chi connectivity index (χ1v) is 6.22. The molecule has 1 saturated heterocycles. The van der Waals surface area contributed by atoms with Crippen molar-refractivity contribution in [3.8, 4) is 0 Å². The molecule has 0 aromatic heterocycles. The fourth-order valence-electron chi connectivity index (χ4n) is 2.58. The molecule has 0 aliphatic carbocycles. The lowest BCUT2D eigenvalue weighted by Crippen LogP contribution is -2.57. The third-order valence-corrected chi connectivity index (χ3v) is 3.90. The lowest BCUT2D eigenvalue weighted by molar-refractivity contribution is -0.153. The molecule has 0 amide bonds. The van der Waals surface area contributed by atoms with Crippen molar-refractivity contribution in [3.63, 3.8) is 0 Å². The van der Waals surface area contributed by atoms with Crippen LogP contribution in [0.4, 0.5) is 0 Å². The first kappa shape index (κ1) is 13.1. The maximum absolute atomic E-state index is 12.0. The fraction of sp³-hybridized carbons (Fsp3) is 0.500. The minimum Gasteiger partial charge on any atom is -0.468 e. The molecule has 1 aromatic rings. The van der Waals surface area contributed by atoms with Crippen LogP contribution in [0.3, 0.4) is 0 Å². The molecule has 2 unspecified atom stereocenters. The maximum atomic E-state index is 12.0. The van der Waals surface area contributed by atoms with Crippen LogP contribution in [-0.4, -0.2) is 36.1 Å². The quantitative estimate of drug-likeness (QED) is 0.815. The van der Waals surface area contributed by atoms with Crippen LogP contribution < -0.4 is 5.73 Å². The third kappa shape index (κ3) is 2.13. The van der Waals surface area contributed by atoms with Crippen molar-refractivity contribution in [3.05, 3.63) is 35.9 Å². The second kappa shape index (κ2) is 5.08. The van der Waals surface area contributed by atoms with Gasteiger partial charge >= 0.3 is 5.97 Å². The van der Waals surface area contributed by atoms with Crippen LogP contribution in [0.2, 0.25) is 0 Å². The smallest absolute Gasteiger partial charge is 0.327 e. The van der Waals surface area contributed by atoms with Crippen molar-refractivity contribution in [2.45, 2.75) is 31.5 Å². The molecular formula is C14H20N2O2. The number of hydrogen-bond acceptors (Lipinski definition) is 4. The van der Waals surface area contributed by atoms with Gasteiger partial charge in [0, 0.05) is 19.1 Å². The predicted octanol–water partition coefficient (Wildman–Crippen LogP) is 1.15. The molecule has 4 nitrogen and oxygen atoms in total. The molecule has 0 spiro atoms. The van der Waals surface area contributed by atoms with Gasteiger partial charge in [-0.1, -0.05) is 30.3 Å². The van der Waals surface area contributed by atoms with Crippen molar-refractivity contribution in [1.82, 2.24) is 4.90 Å². The molecule has 1 fully saturated rings. The average Bonchev–Trinajstić information content (AvgIpc) is 2.68. The highest BCUT2D eigenvalue weighted by Gasteiger charge is 2.49. The summed E-state index contributed by atoms with van der Waals surface area (Å²) >= 11 is 0. The van der Waals surface area contributed by atoms with Crippen LogP contribution in [0.1, 0.15) is 18.9 Å². The van der Waals surface area contributed by atoms with E-state index in [1.165, 1.54) is 12.7 Å². The average molecular weight is 248 g/mol. The molecule has 2 N–H and O–H groups in total. The second-order valence-corrected chi connectivity index (χ2v) is 4.94. The summed E-state index contributed by atoms with van der Waals surface area (Å²) in [6, 6.07) is 9.93. The largest absolute Gasteiger partial charge is 0.468 e. The van der Waals surface area contributed by atoms with Crippen molar-refractivity contribution >= 4 is 5.97 Å². The molecule has 0 radical (unpaired) electrons. The van der Waals surface area contributed by atoms with Crippen LogP contribution in [0, 0.1) is 0 Å². The monoisotopic (exact) mass is 248 g/mol. The van der Waals surface area contributed by atoms with E-state index in [1.807, 2.05) is 25.1 Å². The van der Waals surface area contributed by atoms with Gasteiger partial charge in [0.25, 0.3) is 0 Å². The molecule has 0 bridgehead atoms. The van der Waals surface area contributed by atoms with Crippen LogP contribution in [0.5, 0.6) is 0 Å². The Hall–Kier alpha value is -1.39. The molecule has 1 aromatic carbocycles. The SMILES string of the molecule is COC(=O)C1(C)C(N)CCN1Cc1ccccc1. The van der Waals surface area contributed by atoms with Crippen molar-refractivity contribution < 1.29 is 9.53 Å². The van der Waals surface area contributed by atoms with Gasteiger partial charge in [-0.05, 0) is 18.9 Å². The zero-order valence-corrected chi connectivity index (χ0v) is 10.9. The number of hydrogen-bond donors (Lipinski definition) is 1. The Kier molecular flexibility index (Phi) is 3.68. The summed E-state index contributed by atoms with van der Waals surface area (Å²) in [4.78, 5) is 14.1. The van der Waals surface area contributed by atoms with Crippen LogP contribution in [0.15, 0.2) is 30.3 Å². The van der Waals surface area contributed by atoms with E-state index >= 15 is 0 Å². The molecule has 1 aliphatic rings. The van der Waals surface area contributed by atoms with E-state index in [0.29, 0.717) is 0 Å². The normalized spacial score (nSPS) is 28.3. The highest BCUT2D eigenvalue weighted by molar-refractivity contribution is 5.81. The summed E-state index contributed by atoms with van der Waals surface area (Å²) in [6.07, 6.45) is 0.818. The van der Waals surface area contributed by atoms with Gasteiger partial charge in [0.2, 0.25) is 0 Å². The summed E-state index contributed by atoms with van der Waals surface area (Å²) in [5, 5.41) is 0. The number of nitrogens with two attached hydrogens (primary N) is 1. The first-order chi connectivity index (χ1) is 8.59. The summed E-state index contributed by atoms with van der Waals surface area (Å²) in [6.45, 7) is 3.42. The number of ether oxygens (including phenoxy) is 1. The molecule has 1 heterocycles. The number of rotatable bonds is 3. The maximum Gasteiger partial charge on any atom is 0.327 e.